The minimum atomic E-state index is -0.415. The molecule has 8 nitrogen and oxygen atoms in total. The van der Waals surface area contributed by atoms with Crippen molar-refractivity contribution in [2.75, 3.05) is 5.32 Å². The van der Waals surface area contributed by atoms with E-state index in [2.05, 4.69) is 15.6 Å². The van der Waals surface area contributed by atoms with Gasteiger partial charge in [-0.2, -0.15) is 5.10 Å². The van der Waals surface area contributed by atoms with Crippen LogP contribution in [-0.2, 0) is 6.54 Å². The topological polar surface area (TPSA) is 113 Å². The van der Waals surface area contributed by atoms with E-state index < -0.39 is 5.91 Å². The maximum absolute atomic E-state index is 12.1. The van der Waals surface area contributed by atoms with E-state index in [1.807, 2.05) is 13.8 Å². The SMILES string of the molecule is Cc1noc(C)c1Cn1cc(NC(=O)c2ccc(O)c(O)c2)cn1. The van der Waals surface area contributed by atoms with Gasteiger partial charge in [-0.15, -0.1) is 0 Å². The fourth-order valence-corrected chi connectivity index (χ4v) is 2.27. The van der Waals surface area contributed by atoms with Gasteiger partial charge in [-0.3, -0.25) is 9.48 Å². The molecule has 8 heteroatoms. The highest BCUT2D eigenvalue weighted by Gasteiger charge is 2.12. The van der Waals surface area contributed by atoms with Crippen LogP contribution in [-0.4, -0.2) is 31.1 Å². The summed E-state index contributed by atoms with van der Waals surface area (Å²) in [5.74, 6) is -0.314. The van der Waals surface area contributed by atoms with Crippen LogP contribution in [0.4, 0.5) is 5.69 Å². The molecule has 0 spiro atoms. The van der Waals surface area contributed by atoms with E-state index in [4.69, 9.17) is 4.52 Å². The Morgan fingerprint density at radius 1 is 1.29 bits per heavy atom. The molecule has 124 valence electrons. The summed E-state index contributed by atoms with van der Waals surface area (Å²) in [7, 11) is 0. The largest absolute Gasteiger partial charge is 0.504 e. The molecule has 2 aromatic heterocycles. The Bertz CT molecular complexity index is 878. The first-order valence-corrected chi connectivity index (χ1v) is 7.21. The molecule has 0 aliphatic heterocycles. The summed E-state index contributed by atoms with van der Waals surface area (Å²) >= 11 is 0. The third-order valence-corrected chi connectivity index (χ3v) is 3.63. The van der Waals surface area contributed by atoms with Crippen LogP contribution >= 0.6 is 0 Å². The lowest BCUT2D eigenvalue weighted by Gasteiger charge is -2.04. The highest BCUT2D eigenvalue weighted by Crippen LogP contribution is 2.25. The molecule has 0 fully saturated rings. The van der Waals surface area contributed by atoms with Gasteiger partial charge in [0.1, 0.15) is 5.76 Å². The van der Waals surface area contributed by atoms with Gasteiger partial charge < -0.3 is 20.1 Å². The number of phenolic OH excluding ortho intramolecular Hbond substituents is 2. The number of hydrogen-bond acceptors (Lipinski definition) is 6. The lowest BCUT2D eigenvalue weighted by atomic mass is 10.2. The van der Waals surface area contributed by atoms with Gasteiger partial charge in [0.2, 0.25) is 0 Å². The van der Waals surface area contributed by atoms with Crippen LogP contribution in [0.2, 0.25) is 0 Å². The molecule has 0 unspecified atom stereocenters. The van der Waals surface area contributed by atoms with E-state index in [0.29, 0.717) is 12.2 Å². The summed E-state index contributed by atoms with van der Waals surface area (Å²) < 4.78 is 6.78. The van der Waals surface area contributed by atoms with E-state index in [1.54, 1.807) is 10.9 Å². The van der Waals surface area contributed by atoms with Gasteiger partial charge in [-0.05, 0) is 32.0 Å². The predicted molar refractivity (Wildman–Crippen MR) is 85.0 cm³/mol. The van der Waals surface area contributed by atoms with Crippen LogP contribution in [0.25, 0.3) is 0 Å². The van der Waals surface area contributed by atoms with Gasteiger partial charge in [-0.1, -0.05) is 5.16 Å². The zero-order valence-corrected chi connectivity index (χ0v) is 13.1. The number of hydrogen-bond donors (Lipinski definition) is 3. The number of amides is 1. The standard InChI is InChI=1S/C16H16N4O4/c1-9-13(10(2)24-19-9)8-20-7-12(6-17-20)18-16(23)11-3-4-14(21)15(22)5-11/h3-7,21-22H,8H2,1-2H3,(H,18,23). The van der Waals surface area contributed by atoms with E-state index in [1.165, 1.54) is 24.4 Å². The molecule has 3 aromatic rings. The molecule has 3 rings (SSSR count). The molecule has 0 radical (unpaired) electrons. The number of benzene rings is 1. The summed E-state index contributed by atoms with van der Waals surface area (Å²) in [5, 5.41) is 29.5. The molecule has 3 N–H and O–H groups in total. The molecular formula is C16H16N4O4. The molecule has 0 bridgehead atoms. The lowest BCUT2D eigenvalue weighted by molar-refractivity contribution is 0.102. The zero-order chi connectivity index (χ0) is 17.3. The van der Waals surface area contributed by atoms with Gasteiger partial charge in [-0.25, -0.2) is 0 Å². The predicted octanol–water partition coefficient (Wildman–Crippen LogP) is 2.20. The monoisotopic (exact) mass is 328 g/mol. The van der Waals surface area contributed by atoms with Crippen molar-refractivity contribution in [2.24, 2.45) is 0 Å². The van der Waals surface area contributed by atoms with Crippen molar-refractivity contribution in [1.29, 1.82) is 0 Å². The third-order valence-electron chi connectivity index (χ3n) is 3.63. The molecule has 0 saturated heterocycles. The second-order valence-electron chi connectivity index (χ2n) is 5.39. The summed E-state index contributed by atoms with van der Waals surface area (Å²) in [6.45, 7) is 4.17. The number of rotatable bonds is 4. The number of phenols is 2. The van der Waals surface area contributed by atoms with Crippen molar-refractivity contribution in [1.82, 2.24) is 14.9 Å². The van der Waals surface area contributed by atoms with Crippen molar-refractivity contribution in [3.8, 4) is 11.5 Å². The number of anilines is 1. The Kier molecular flexibility index (Phi) is 3.95. The number of nitrogens with one attached hydrogen (secondary N) is 1. The van der Waals surface area contributed by atoms with Crippen LogP contribution in [0.5, 0.6) is 11.5 Å². The Labute approximate surface area is 137 Å². The number of carbonyl (C=O) groups is 1. The molecule has 0 atom stereocenters. The maximum Gasteiger partial charge on any atom is 0.255 e. The van der Waals surface area contributed by atoms with Crippen molar-refractivity contribution in [3.05, 3.63) is 53.2 Å². The average Bonchev–Trinajstić information content (AvgIpc) is 3.11. The highest BCUT2D eigenvalue weighted by atomic mass is 16.5. The zero-order valence-electron chi connectivity index (χ0n) is 13.1. The molecule has 24 heavy (non-hydrogen) atoms. The quantitative estimate of drug-likeness (QED) is 0.633. The molecule has 0 aliphatic carbocycles. The first kappa shape index (κ1) is 15.6. The van der Waals surface area contributed by atoms with Crippen molar-refractivity contribution < 1.29 is 19.5 Å². The molecule has 1 amide bonds. The van der Waals surface area contributed by atoms with Gasteiger partial charge >= 0.3 is 0 Å². The van der Waals surface area contributed by atoms with E-state index >= 15 is 0 Å². The number of aryl methyl sites for hydroxylation is 2. The summed E-state index contributed by atoms with van der Waals surface area (Å²) in [4.78, 5) is 12.1. The van der Waals surface area contributed by atoms with E-state index in [0.717, 1.165) is 17.0 Å². The van der Waals surface area contributed by atoms with Crippen LogP contribution in [0.15, 0.2) is 35.1 Å². The molecule has 1 aromatic carbocycles. The first-order valence-electron chi connectivity index (χ1n) is 7.21. The van der Waals surface area contributed by atoms with Crippen molar-refractivity contribution in [2.45, 2.75) is 20.4 Å². The Morgan fingerprint density at radius 2 is 2.08 bits per heavy atom. The average molecular weight is 328 g/mol. The van der Waals surface area contributed by atoms with Gasteiger partial charge in [0.05, 0.1) is 24.1 Å². The molecule has 0 aliphatic rings. The van der Waals surface area contributed by atoms with Gasteiger partial charge in [0.25, 0.3) is 5.91 Å². The Balaban J connectivity index is 1.71. The Morgan fingerprint density at radius 3 is 2.75 bits per heavy atom. The number of nitrogens with zero attached hydrogens (tertiary/aromatic N) is 3. The molecule has 2 heterocycles. The third kappa shape index (κ3) is 3.07. The highest BCUT2D eigenvalue weighted by molar-refractivity contribution is 6.04. The van der Waals surface area contributed by atoms with E-state index in [9.17, 15) is 15.0 Å². The first-order chi connectivity index (χ1) is 11.4. The van der Waals surface area contributed by atoms with Crippen LogP contribution in [0.3, 0.4) is 0 Å². The Hall–Kier alpha value is -3.29. The molecular weight excluding hydrogens is 312 g/mol. The minimum absolute atomic E-state index is 0.226. The normalized spacial score (nSPS) is 10.8. The van der Waals surface area contributed by atoms with Crippen LogP contribution < -0.4 is 5.32 Å². The van der Waals surface area contributed by atoms with E-state index in [-0.39, 0.29) is 17.1 Å². The summed E-state index contributed by atoms with van der Waals surface area (Å²) in [6.07, 6.45) is 3.21. The molecule has 0 saturated carbocycles. The number of carbonyl (C=O) groups excluding carboxylic acids is 1. The number of aromatic hydroxyl groups is 2. The minimum Gasteiger partial charge on any atom is -0.504 e. The smallest absolute Gasteiger partial charge is 0.255 e. The lowest BCUT2D eigenvalue weighted by Crippen LogP contribution is -2.11. The van der Waals surface area contributed by atoms with Crippen molar-refractivity contribution >= 4 is 11.6 Å². The second kappa shape index (κ2) is 6.07. The summed E-state index contributed by atoms with van der Waals surface area (Å²) in [5.41, 5.74) is 2.48. The number of aromatic nitrogens is 3. The van der Waals surface area contributed by atoms with Crippen LogP contribution in [0, 0.1) is 13.8 Å². The second-order valence-corrected chi connectivity index (χ2v) is 5.39. The maximum atomic E-state index is 12.1. The fraction of sp³-hybridized carbons (Fsp3) is 0.188. The van der Waals surface area contributed by atoms with Crippen LogP contribution in [0.1, 0.15) is 27.4 Å². The van der Waals surface area contributed by atoms with Gasteiger partial charge in [0, 0.05) is 17.3 Å². The summed E-state index contributed by atoms with van der Waals surface area (Å²) in [6, 6.07) is 3.86. The van der Waals surface area contributed by atoms with Gasteiger partial charge in [0.15, 0.2) is 11.5 Å². The van der Waals surface area contributed by atoms with Crippen molar-refractivity contribution in [3.63, 3.8) is 0 Å². The fourth-order valence-electron chi connectivity index (χ4n) is 2.27.